The van der Waals surface area contributed by atoms with Gasteiger partial charge in [0.25, 0.3) is 0 Å². The van der Waals surface area contributed by atoms with Gasteiger partial charge in [0, 0.05) is 12.4 Å². The van der Waals surface area contributed by atoms with Crippen molar-refractivity contribution in [1.82, 2.24) is 4.98 Å². The molecule has 0 bridgehead atoms. The van der Waals surface area contributed by atoms with Crippen molar-refractivity contribution in [1.29, 1.82) is 0 Å². The van der Waals surface area contributed by atoms with Gasteiger partial charge >= 0.3 is 0 Å². The van der Waals surface area contributed by atoms with Crippen LogP contribution in [0.15, 0.2) is 73.1 Å². The van der Waals surface area contributed by atoms with Crippen LogP contribution in [-0.2, 0) is 16.6 Å². The van der Waals surface area contributed by atoms with Crippen molar-refractivity contribution in [3.05, 3.63) is 78.6 Å². The Morgan fingerprint density at radius 2 is 1.66 bits per heavy atom. The van der Waals surface area contributed by atoms with Gasteiger partial charge in [-0.3, -0.25) is 9.29 Å². The van der Waals surface area contributed by atoms with E-state index in [1.807, 2.05) is 37.3 Å². The number of hydrogen-bond donors (Lipinski definition) is 0. The van der Waals surface area contributed by atoms with Gasteiger partial charge in [0.15, 0.2) is 11.5 Å². The van der Waals surface area contributed by atoms with Gasteiger partial charge < -0.3 is 9.47 Å². The van der Waals surface area contributed by atoms with Crippen LogP contribution in [0.3, 0.4) is 0 Å². The smallest absolute Gasteiger partial charge is 0.235 e. The standard InChI is InChI=1S/C22H24N2O4S/c1-3-27-21-9-5-6-10-22(21)28-20-13-11-19(12-14-20)24(29(25,26)4-2)17-18-8-7-15-23-16-18/h5-16H,3-4,17H2,1-2H3. The monoisotopic (exact) mass is 412 g/mol. The molecule has 0 aliphatic carbocycles. The molecule has 6 nitrogen and oxygen atoms in total. The molecule has 0 atom stereocenters. The maximum atomic E-state index is 12.7. The van der Waals surface area contributed by atoms with E-state index in [2.05, 4.69) is 4.98 Å². The zero-order chi connectivity index (χ0) is 20.7. The molecule has 0 unspecified atom stereocenters. The Labute approximate surface area is 171 Å². The number of nitrogens with zero attached hydrogens (tertiary/aromatic N) is 2. The highest BCUT2D eigenvalue weighted by atomic mass is 32.2. The Balaban J connectivity index is 1.84. The first kappa shape index (κ1) is 20.7. The van der Waals surface area contributed by atoms with Gasteiger partial charge in [-0.2, -0.15) is 0 Å². The molecule has 1 heterocycles. The zero-order valence-corrected chi connectivity index (χ0v) is 17.3. The zero-order valence-electron chi connectivity index (χ0n) is 16.5. The lowest BCUT2D eigenvalue weighted by molar-refractivity contribution is 0.321. The van der Waals surface area contributed by atoms with Crippen molar-refractivity contribution in [3.8, 4) is 17.2 Å². The Kier molecular flexibility index (Phi) is 6.72. The van der Waals surface area contributed by atoms with E-state index in [0.717, 1.165) is 5.56 Å². The van der Waals surface area contributed by atoms with Crippen LogP contribution in [0, 0.1) is 0 Å². The molecule has 7 heteroatoms. The molecule has 29 heavy (non-hydrogen) atoms. The van der Waals surface area contributed by atoms with Crippen molar-refractivity contribution in [2.45, 2.75) is 20.4 Å². The summed E-state index contributed by atoms with van der Waals surface area (Å²) in [5.74, 6) is 1.87. The number of anilines is 1. The van der Waals surface area contributed by atoms with E-state index >= 15 is 0 Å². The number of aromatic nitrogens is 1. The highest BCUT2D eigenvalue weighted by Gasteiger charge is 2.21. The number of ether oxygens (including phenoxy) is 2. The van der Waals surface area contributed by atoms with E-state index < -0.39 is 10.0 Å². The van der Waals surface area contributed by atoms with Crippen LogP contribution >= 0.6 is 0 Å². The van der Waals surface area contributed by atoms with Crippen LogP contribution in [0.5, 0.6) is 17.2 Å². The molecule has 0 N–H and O–H groups in total. The molecule has 0 saturated carbocycles. The first-order chi connectivity index (χ1) is 14.0. The van der Waals surface area contributed by atoms with Gasteiger partial charge in [-0.25, -0.2) is 8.42 Å². The fourth-order valence-corrected chi connectivity index (χ4v) is 3.88. The third-order valence-electron chi connectivity index (χ3n) is 4.25. The molecule has 0 saturated heterocycles. The molecule has 2 aromatic carbocycles. The Hall–Kier alpha value is -3.06. The first-order valence-corrected chi connectivity index (χ1v) is 11.0. The van der Waals surface area contributed by atoms with Crippen LogP contribution in [-0.4, -0.2) is 25.8 Å². The first-order valence-electron chi connectivity index (χ1n) is 9.42. The Morgan fingerprint density at radius 1 is 0.931 bits per heavy atom. The molecule has 0 amide bonds. The molecular weight excluding hydrogens is 388 g/mol. The van der Waals surface area contributed by atoms with Crippen molar-refractivity contribution < 1.29 is 17.9 Å². The van der Waals surface area contributed by atoms with Crippen LogP contribution in [0.1, 0.15) is 19.4 Å². The third-order valence-corrected chi connectivity index (χ3v) is 5.99. The molecule has 3 rings (SSSR count). The number of pyridine rings is 1. The number of benzene rings is 2. The maximum absolute atomic E-state index is 12.7. The quantitative estimate of drug-likeness (QED) is 0.513. The number of hydrogen-bond acceptors (Lipinski definition) is 5. The van der Waals surface area contributed by atoms with Crippen molar-refractivity contribution in [3.63, 3.8) is 0 Å². The topological polar surface area (TPSA) is 68.7 Å². The van der Waals surface area contributed by atoms with E-state index in [1.165, 1.54) is 4.31 Å². The summed E-state index contributed by atoms with van der Waals surface area (Å²) in [7, 11) is -3.45. The molecule has 0 radical (unpaired) electrons. The number of sulfonamides is 1. The van der Waals surface area contributed by atoms with E-state index in [4.69, 9.17) is 9.47 Å². The van der Waals surface area contributed by atoms with Gasteiger partial charge in [-0.05, 0) is 61.9 Å². The summed E-state index contributed by atoms with van der Waals surface area (Å²) in [4.78, 5) is 4.07. The molecule has 0 aliphatic heterocycles. The van der Waals surface area contributed by atoms with Crippen LogP contribution < -0.4 is 13.8 Å². The third kappa shape index (κ3) is 5.26. The minimum absolute atomic E-state index is 0.00719. The summed E-state index contributed by atoms with van der Waals surface area (Å²) in [6, 6.07) is 18.0. The summed E-state index contributed by atoms with van der Waals surface area (Å²) in [6.45, 7) is 4.30. The second kappa shape index (κ2) is 9.43. The molecule has 0 spiro atoms. The molecule has 0 aliphatic rings. The van der Waals surface area contributed by atoms with Crippen molar-refractivity contribution >= 4 is 15.7 Å². The van der Waals surface area contributed by atoms with Gasteiger partial charge in [-0.15, -0.1) is 0 Å². The lowest BCUT2D eigenvalue weighted by Gasteiger charge is -2.24. The lowest BCUT2D eigenvalue weighted by Crippen LogP contribution is -2.31. The van der Waals surface area contributed by atoms with Gasteiger partial charge in [-0.1, -0.05) is 18.2 Å². The SMILES string of the molecule is CCOc1ccccc1Oc1ccc(N(Cc2cccnc2)S(=O)(=O)CC)cc1. The maximum Gasteiger partial charge on any atom is 0.235 e. The summed E-state index contributed by atoms with van der Waals surface area (Å²) < 4.78 is 38.2. The lowest BCUT2D eigenvalue weighted by atomic mass is 10.2. The van der Waals surface area contributed by atoms with E-state index in [0.29, 0.717) is 29.5 Å². The van der Waals surface area contributed by atoms with Gasteiger partial charge in [0.1, 0.15) is 5.75 Å². The highest BCUT2D eigenvalue weighted by Crippen LogP contribution is 2.32. The van der Waals surface area contributed by atoms with E-state index in [1.54, 1.807) is 49.6 Å². The fraction of sp³-hybridized carbons (Fsp3) is 0.227. The minimum atomic E-state index is -3.45. The minimum Gasteiger partial charge on any atom is -0.490 e. The van der Waals surface area contributed by atoms with Gasteiger partial charge in [0.2, 0.25) is 10.0 Å². The summed E-state index contributed by atoms with van der Waals surface area (Å²) in [5.41, 5.74) is 1.39. The van der Waals surface area contributed by atoms with Gasteiger partial charge in [0.05, 0.1) is 24.6 Å². The number of rotatable bonds is 9. The number of para-hydroxylation sites is 2. The molecule has 1 aromatic heterocycles. The van der Waals surface area contributed by atoms with E-state index in [-0.39, 0.29) is 12.3 Å². The van der Waals surface area contributed by atoms with Crippen LogP contribution in [0.4, 0.5) is 5.69 Å². The highest BCUT2D eigenvalue weighted by molar-refractivity contribution is 7.92. The molecular formula is C22H24N2O4S. The summed E-state index contributed by atoms with van der Waals surface area (Å²) in [5, 5.41) is 0. The predicted octanol–water partition coefficient (Wildman–Crippen LogP) is 4.63. The van der Waals surface area contributed by atoms with Crippen LogP contribution in [0.2, 0.25) is 0 Å². The predicted molar refractivity (Wildman–Crippen MR) is 114 cm³/mol. The average molecular weight is 413 g/mol. The average Bonchev–Trinajstić information content (AvgIpc) is 2.75. The second-order valence-corrected chi connectivity index (χ2v) is 8.43. The summed E-state index contributed by atoms with van der Waals surface area (Å²) in [6.07, 6.45) is 3.33. The summed E-state index contributed by atoms with van der Waals surface area (Å²) >= 11 is 0. The molecule has 152 valence electrons. The van der Waals surface area contributed by atoms with Crippen molar-refractivity contribution in [2.75, 3.05) is 16.7 Å². The molecule has 3 aromatic rings. The Morgan fingerprint density at radius 3 is 2.28 bits per heavy atom. The normalized spacial score (nSPS) is 11.1. The second-order valence-electron chi connectivity index (χ2n) is 6.24. The largest absolute Gasteiger partial charge is 0.490 e. The van der Waals surface area contributed by atoms with Crippen LogP contribution in [0.25, 0.3) is 0 Å². The fourth-order valence-electron chi connectivity index (χ4n) is 2.78. The van der Waals surface area contributed by atoms with Crippen molar-refractivity contribution in [2.24, 2.45) is 0 Å². The Bertz CT molecular complexity index is 1020. The van der Waals surface area contributed by atoms with E-state index in [9.17, 15) is 8.42 Å². The molecule has 0 fully saturated rings.